The van der Waals surface area contributed by atoms with Crippen molar-refractivity contribution in [1.82, 2.24) is 19.6 Å². The van der Waals surface area contributed by atoms with Crippen LogP contribution in [0.5, 0.6) is 0 Å². The molecule has 1 amide bonds. The van der Waals surface area contributed by atoms with Crippen LogP contribution >= 0.6 is 23.2 Å². The van der Waals surface area contributed by atoms with Crippen molar-refractivity contribution in [2.75, 3.05) is 5.32 Å². The zero-order valence-electron chi connectivity index (χ0n) is 14.8. The lowest BCUT2D eigenvalue weighted by molar-refractivity contribution is -0.385. The molecular weight excluding hydrogens is 407 g/mol. The Morgan fingerprint density at radius 2 is 1.93 bits per heavy atom. The molecule has 2 aromatic heterocycles. The van der Waals surface area contributed by atoms with E-state index in [4.69, 9.17) is 23.2 Å². The number of amides is 1. The molecule has 3 aromatic rings. The van der Waals surface area contributed by atoms with E-state index in [1.54, 1.807) is 42.1 Å². The normalized spacial score (nSPS) is 10.8. The molecule has 0 atom stereocenters. The molecule has 11 heteroatoms. The van der Waals surface area contributed by atoms with Crippen molar-refractivity contribution in [3.63, 3.8) is 0 Å². The van der Waals surface area contributed by atoms with E-state index in [1.165, 1.54) is 10.9 Å². The minimum atomic E-state index is -0.503. The van der Waals surface area contributed by atoms with Gasteiger partial charge in [0.2, 0.25) is 5.91 Å². The summed E-state index contributed by atoms with van der Waals surface area (Å²) in [6, 6.07) is 6.91. The van der Waals surface area contributed by atoms with Crippen LogP contribution in [0.25, 0.3) is 0 Å². The second kappa shape index (κ2) is 8.41. The Morgan fingerprint density at radius 1 is 1.21 bits per heavy atom. The lowest BCUT2D eigenvalue weighted by Crippen LogP contribution is -2.15. The van der Waals surface area contributed by atoms with E-state index in [-0.39, 0.29) is 24.6 Å². The summed E-state index contributed by atoms with van der Waals surface area (Å²) in [4.78, 5) is 22.4. The number of rotatable bonds is 7. The third kappa shape index (κ3) is 4.68. The maximum atomic E-state index is 12.1. The quantitative estimate of drug-likeness (QED) is 0.461. The summed E-state index contributed by atoms with van der Waals surface area (Å²) < 4.78 is 2.99. The van der Waals surface area contributed by atoms with Crippen LogP contribution in [0.15, 0.2) is 36.7 Å². The molecule has 0 bridgehead atoms. The predicted molar refractivity (Wildman–Crippen MR) is 105 cm³/mol. The SMILES string of the molecule is Cc1nn(CCC(=O)Nc2ccn(Cc3c(Cl)cccc3Cl)n2)cc1[N+](=O)[O-]. The highest BCUT2D eigenvalue weighted by atomic mass is 35.5. The summed E-state index contributed by atoms with van der Waals surface area (Å²) in [5, 5.41) is 22.9. The van der Waals surface area contributed by atoms with Crippen molar-refractivity contribution in [2.45, 2.75) is 26.4 Å². The lowest BCUT2D eigenvalue weighted by atomic mass is 10.2. The number of benzene rings is 1. The maximum absolute atomic E-state index is 12.1. The Hall–Kier alpha value is -2.91. The number of hydrogen-bond acceptors (Lipinski definition) is 5. The molecule has 2 heterocycles. The number of aryl methyl sites for hydroxylation is 2. The molecule has 0 spiro atoms. The minimum Gasteiger partial charge on any atom is -0.309 e. The lowest BCUT2D eigenvalue weighted by Gasteiger charge is -2.07. The van der Waals surface area contributed by atoms with Crippen LogP contribution in [0.2, 0.25) is 10.0 Å². The Balaban J connectivity index is 1.57. The highest BCUT2D eigenvalue weighted by molar-refractivity contribution is 6.35. The first kappa shape index (κ1) is 19.8. The largest absolute Gasteiger partial charge is 0.309 e. The zero-order chi connectivity index (χ0) is 20.3. The molecular formula is C17H16Cl2N6O3. The molecule has 0 unspecified atom stereocenters. The van der Waals surface area contributed by atoms with Crippen molar-refractivity contribution in [3.05, 3.63) is 68.1 Å². The highest BCUT2D eigenvalue weighted by Crippen LogP contribution is 2.25. The summed E-state index contributed by atoms with van der Waals surface area (Å²) in [6.07, 6.45) is 3.11. The van der Waals surface area contributed by atoms with Gasteiger partial charge in [-0.3, -0.25) is 24.3 Å². The third-order valence-corrected chi connectivity index (χ3v) is 4.68. The molecule has 0 fully saturated rings. The van der Waals surface area contributed by atoms with Crippen LogP contribution in [-0.4, -0.2) is 30.4 Å². The van der Waals surface area contributed by atoms with Gasteiger partial charge in [0.25, 0.3) is 0 Å². The molecule has 0 saturated heterocycles. The van der Waals surface area contributed by atoms with Crippen molar-refractivity contribution in [3.8, 4) is 0 Å². The van der Waals surface area contributed by atoms with Gasteiger partial charge >= 0.3 is 5.69 Å². The fourth-order valence-corrected chi connectivity index (χ4v) is 3.10. The molecule has 0 radical (unpaired) electrons. The van der Waals surface area contributed by atoms with Crippen molar-refractivity contribution in [2.24, 2.45) is 0 Å². The number of carbonyl (C=O) groups excluding carboxylic acids is 1. The fourth-order valence-electron chi connectivity index (χ4n) is 2.58. The molecule has 1 N–H and O–H groups in total. The van der Waals surface area contributed by atoms with Gasteiger partial charge in [-0.05, 0) is 19.1 Å². The summed E-state index contributed by atoms with van der Waals surface area (Å²) in [5.74, 6) is 0.104. The number of nitrogens with one attached hydrogen (secondary N) is 1. The average molecular weight is 423 g/mol. The molecule has 28 heavy (non-hydrogen) atoms. The van der Waals surface area contributed by atoms with Gasteiger partial charge in [-0.1, -0.05) is 29.3 Å². The minimum absolute atomic E-state index is 0.0719. The van der Waals surface area contributed by atoms with Crippen LogP contribution in [0.3, 0.4) is 0 Å². The topological polar surface area (TPSA) is 108 Å². The molecule has 0 aliphatic rings. The number of halogens is 2. The summed E-state index contributed by atoms with van der Waals surface area (Å²) in [5.41, 5.74) is 0.974. The molecule has 3 rings (SSSR count). The van der Waals surface area contributed by atoms with E-state index < -0.39 is 4.92 Å². The van der Waals surface area contributed by atoms with Crippen LogP contribution < -0.4 is 5.32 Å². The van der Waals surface area contributed by atoms with E-state index in [0.29, 0.717) is 28.1 Å². The van der Waals surface area contributed by atoms with E-state index in [0.717, 1.165) is 5.56 Å². The van der Waals surface area contributed by atoms with Gasteiger partial charge < -0.3 is 5.32 Å². The molecule has 146 valence electrons. The van der Waals surface area contributed by atoms with Gasteiger partial charge in [0.1, 0.15) is 11.9 Å². The second-order valence-electron chi connectivity index (χ2n) is 6.02. The maximum Gasteiger partial charge on any atom is 0.309 e. The van der Waals surface area contributed by atoms with Gasteiger partial charge in [0.05, 0.1) is 11.5 Å². The Bertz CT molecular complexity index is 1010. The van der Waals surface area contributed by atoms with Gasteiger partial charge in [0.15, 0.2) is 5.82 Å². The number of nitrogens with zero attached hydrogens (tertiary/aromatic N) is 5. The van der Waals surface area contributed by atoms with Crippen LogP contribution in [0, 0.1) is 17.0 Å². The van der Waals surface area contributed by atoms with Crippen LogP contribution in [0.4, 0.5) is 11.5 Å². The molecule has 0 saturated carbocycles. The number of hydrogen-bond donors (Lipinski definition) is 1. The number of nitro groups is 1. The summed E-state index contributed by atoms with van der Waals surface area (Å²) in [7, 11) is 0. The standard InChI is InChI=1S/C17H16Cl2N6O3/c1-11-15(25(27)28)10-24(21-11)8-6-17(26)20-16-5-7-23(22-16)9-12-13(18)3-2-4-14(12)19/h2-5,7,10H,6,8-9H2,1H3,(H,20,22,26). The van der Waals surface area contributed by atoms with Crippen molar-refractivity contribution < 1.29 is 9.72 Å². The monoisotopic (exact) mass is 422 g/mol. The first-order valence-electron chi connectivity index (χ1n) is 8.28. The molecule has 1 aromatic carbocycles. The smallest absolute Gasteiger partial charge is 0.309 e. The van der Waals surface area contributed by atoms with E-state index in [1.807, 2.05) is 0 Å². The van der Waals surface area contributed by atoms with E-state index >= 15 is 0 Å². The van der Waals surface area contributed by atoms with Gasteiger partial charge in [-0.2, -0.15) is 10.2 Å². The molecule has 0 aliphatic carbocycles. The highest BCUT2D eigenvalue weighted by Gasteiger charge is 2.16. The van der Waals surface area contributed by atoms with Crippen LogP contribution in [-0.2, 0) is 17.9 Å². The predicted octanol–water partition coefficient (Wildman–Crippen LogP) is 3.68. The van der Waals surface area contributed by atoms with Gasteiger partial charge in [-0.25, -0.2) is 0 Å². The Labute approximate surface area is 170 Å². The van der Waals surface area contributed by atoms with Gasteiger partial charge in [-0.15, -0.1) is 0 Å². The summed E-state index contributed by atoms with van der Waals surface area (Å²) in [6.45, 7) is 2.13. The van der Waals surface area contributed by atoms with Crippen LogP contribution in [0.1, 0.15) is 17.7 Å². The third-order valence-electron chi connectivity index (χ3n) is 3.98. The van der Waals surface area contributed by atoms with Gasteiger partial charge in [0, 0.05) is 40.8 Å². The molecule has 9 nitrogen and oxygen atoms in total. The fraction of sp³-hybridized carbons (Fsp3) is 0.235. The average Bonchev–Trinajstić information content (AvgIpc) is 3.23. The van der Waals surface area contributed by atoms with E-state index in [9.17, 15) is 14.9 Å². The number of anilines is 1. The van der Waals surface area contributed by atoms with E-state index in [2.05, 4.69) is 15.5 Å². The second-order valence-corrected chi connectivity index (χ2v) is 6.83. The Kier molecular flexibility index (Phi) is 5.96. The zero-order valence-corrected chi connectivity index (χ0v) is 16.3. The number of carbonyl (C=O) groups is 1. The molecule has 0 aliphatic heterocycles. The first-order chi connectivity index (χ1) is 13.3. The summed E-state index contributed by atoms with van der Waals surface area (Å²) >= 11 is 12.3. The van der Waals surface area contributed by atoms with Crippen molar-refractivity contribution >= 4 is 40.6 Å². The first-order valence-corrected chi connectivity index (χ1v) is 9.03. The Morgan fingerprint density at radius 3 is 2.57 bits per heavy atom. The van der Waals surface area contributed by atoms with Crippen molar-refractivity contribution in [1.29, 1.82) is 0 Å². The number of aromatic nitrogens is 4.